The highest BCUT2D eigenvalue weighted by molar-refractivity contribution is 7.12. The molecule has 0 fully saturated rings. The summed E-state index contributed by atoms with van der Waals surface area (Å²) in [6, 6.07) is 10.8. The fourth-order valence-corrected chi connectivity index (χ4v) is 6.08. The molecule has 0 bridgehead atoms. The molecule has 4 nitrogen and oxygen atoms in total. The van der Waals surface area contributed by atoms with Crippen molar-refractivity contribution in [1.29, 1.82) is 0 Å². The molecule has 0 saturated heterocycles. The molecule has 31 heavy (non-hydrogen) atoms. The van der Waals surface area contributed by atoms with Crippen LogP contribution in [0.25, 0.3) is 0 Å². The lowest BCUT2D eigenvalue weighted by Gasteiger charge is -2.38. The van der Waals surface area contributed by atoms with E-state index in [1.807, 2.05) is 29.3 Å². The van der Waals surface area contributed by atoms with Gasteiger partial charge < -0.3 is 9.80 Å². The average Bonchev–Trinajstić information content (AvgIpc) is 3.44. The Morgan fingerprint density at radius 2 is 1.97 bits per heavy atom. The van der Waals surface area contributed by atoms with Gasteiger partial charge in [-0.1, -0.05) is 42.3 Å². The number of benzene rings is 1. The van der Waals surface area contributed by atoms with Gasteiger partial charge in [-0.15, -0.1) is 22.7 Å². The Balaban J connectivity index is 1.64. The first-order valence-corrected chi connectivity index (χ1v) is 12.6. The first-order valence-electron chi connectivity index (χ1n) is 10.1. The molecule has 1 unspecified atom stereocenters. The van der Waals surface area contributed by atoms with Gasteiger partial charge in [0.1, 0.15) is 6.54 Å². The molecule has 0 N–H and O–H groups in total. The highest BCUT2D eigenvalue weighted by atomic mass is 35.5. The van der Waals surface area contributed by atoms with Gasteiger partial charge in [-0.3, -0.25) is 9.59 Å². The zero-order valence-electron chi connectivity index (χ0n) is 17.0. The molecule has 4 rings (SSSR count). The van der Waals surface area contributed by atoms with Crippen molar-refractivity contribution >= 4 is 57.7 Å². The van der Waals surface area contributed by atoms with Crippen LogP contribution < -0.4 is 0 Å². The average molecular weight is 493 g/mol. The minimum atomic E-state index is -0.285. The molecule has 162 valence electrons. The van der Waals surface area contributed by atoms with Crippen LogP contribution in [0.4, 0.5) is 0 Å². The second-order valence-electron chi connectivity index (χ2n) is 7.41. The number of hydrogen-bond donors (Lipinski definition) is 0. The van der Waals surface area contributed by atoms with Crippen LogP contribution in [-0.4, -0.2) is 41.2 Å². The second-order valence-corrected chi connectivity index (χ2v) is 10.2. The minimum absolute atomic E-state index is 0.0474. The number of halogens is 2. The molecule has 2 amide bonds. The Morgan fingerprint density at radius 3 is 2.68 bits per heavy atom. The van der Waals surface area contributed by atoms with Crippen LogP contribution >= 0.6 is 45.9 Å². The molecule has 0 aliphatic carbocycles. The van der Waals surface area contributed by atoms with Gasteiger partial charge in [-0.25, -0.2) is 0 Å². The lowest BCUT2D eigenvalue weighted by molar-refractivity contribution is -0.134. The Morgan fingerprint density at radius 1 is 1.13 bits per heavy atom. The summed E-state index contributed by atoms with van der Waals surface area (Å²) in [4.78, 5) is 31.9. The van der Waals surface area contributed by atoms with E-state index >= 15 is 0 Å². The largest absolute Gasteiger partial charge is 0.330 e. The van der Waals surface area contributed by atoms with Crippen molar-refractivity contribution in [2.45, 2.75) is 25.8 Å². The Labute approximate surface area is 200 Å². The van der Waals surface area contributed by atoms with Gasteiger partial charge >= 0.3 is 0 Å². The lowest BCUT2D eigenvalue weighted by Crippen LogP contribution is -2.47. The summed E-state index contributed by atoms with van der Waals surface area (Å²) in [6.45, 7) is 3.18. The van der Waals surface area contributed by atoms with E-state index in [2.05, 4.69) is 11.4 Å². The number of carbonyl (C=O) groups excluding carboxylic acids is 2. The summed E-state index contributed by atoms with van der Waals surface area (Å²) in [7, 11) is 0. The zero-order chi connectivity index (χ0) is 22.0. The van der Waals surface area contributed by atoms with Crippen molar-refractivity contribution in [1.82, 2.24) is 9.80 Å². The first kappa shape index (κ1) is 22.3. The number of hydrogen-bond acceptors (Lipinski definition) is 4. The summed E-state index contributed by atoms with van der Waals surface area (Å²) in [6.07, 6.45) is 1.58. The van der Waals surface area contributed by atoms with Gasteiger partial charge in [0.05, 0.1) is 10.9 Å². The summed E-state index contributed by atoms with van der Waals surface area (Å²) in [5.41, 5.74) is 1.95. The predicted molar refractivity (Wildman–Crippen MR) is 129 cm³/mol. The third kappa shape index (κ3) is 4.67. The number of amides is 2. The maximum Gasteiger partial charge on any atom is 0.264 e. The highest BCUT2D eigenvalue weighted by Crippen LogP contribution is 2.41. The molecule has 0 radical (unpaired) electrons. The highest BCUT2D eigenvalue weighted by Gasteiger charge is 2.35. The van der Waals surface area contributed by atoms with E-state index in [0.717, 1.165) is 24.0 Å². The van der Waals surface area contributed by atoms with Gasteiger partial charge in [0, 0.05) is 28.0 Å². The van der Waals surface area contributed by atoms with Crippen LogP contribution in [-0.2, 0) is 11.2 Å². The Bertz CT molecular complexity index is 1080. The van der Waals surface area contributed by atoms with Gasteiger partial charge in [-0.2, -0.15) is 0 Å². The molecular formula is C23H22Cl2N2O2S2. The van der Waals surface area contributed by atoms with E-state index < -0.39 is 0 Å². The first-order chi connectivity index (χ1) is 15.0. The summed E-state index contributed by atoms with van der Waals surface area (Å²) in [5.74, 6) is -0.175. The van der Waals surface area contributed by atoms with E-state index in [-0.39, 0.29) is 24.4 Å². The van der Waals surface area contributed by atoms with E-state index in [0.29, 0.717) is 28.0 Å². The van der Waals surface area contributed by atoms with Gasteiger partial charge in [-0.05, 0) is 59.0 Å². The maximum absolute atomic E-state index is 13.5. The molecular weight excluding hydrogens is 471 g/mol. The molecule has 0 saturated carbocycles. The third-order valence-corrected chi connectivity index (χ3v) is 7.80. The van der Waals surface area contributed by atoms with Crippen LogP contribution in [0, 0.1) is 0 Å². The van der Waals surface area contributed by atoms with Crippen LogP contribution in [0.2, 0.25) is 10.0 Å². The van der Waals surface area contributed by atoms with Gasteiger partial charge in [0.25, 0.3) is 5.91 Å². The van der Waals surface area contributed by atoms with Crippen LogP contribution in [0.3, 0.4) is 0 Å². The molecule has 3 heterocycles. The zero-order valence-corrected chi connectivity index (χ0v) is 20.2. The second kappa shape index (κ2) is 9.74. The molecule has 3 aromatic rings. The fourth-order valence-electron chi connectivity index (χ4n) is 3.98. The quantitative estimate of drug-likeness (QED) is 0.414. The van der Waals surface area contributed by atoms with Crippen molar-refractivity contribution < 1.29 is 9.59 Å². The number of fused-ring (bicyclic) bond motifs is 1. The van der Waals surface area contributed by atoms with E-state index in [1.165, 1.54) is 16.2 Å². The molecule has 1 atom stereocenters. The van der Waals surface area contributed by atoms with Crippen molar-refractivity contribution in [2.75, 3.05) is 19.6 Å². The predicted octanol–water partition coefficient (Wildman–Crippen LogP) is 6.14. The number of nitrogens with zero attached hydrogens (tertiary/aromatic N) is 2. The Kier molecular flexibility index (Phi) is 7.02. The number of thiophene rings is 2. The van der Waals surface area contributed by atoms with E-state index in [4.69, 9.17) is 23.2 Å². The summed E-state index contributed by atoms with van der Waals surface area (Å²) in [5, 5.41) is 5.03. The van der Waals surface area contributed by atoms with Crippen molar-refractivity contribution in [2.24, 2.45) is 0 Å². The molecule has 2 aromatic heterocycles. The topological polar surface area (TPSA) is 40.6 Å². The van der Waals surface area contributed by atoms with E-state index in [1.54, 1.807) is 34.4 Å². The van der Waals surface area contributed by atoms with Crippen LogP contribution in [0.1, 0.15) is 45.1 Å². The molecule has 0 spiro atoms. The number of carbonyl (C=O) groups is 2. The van der Waals surface area contributed by atoms with Crippen molar-refractivity contribution in [3.63, 3.8) is 0 Å². The normalized spacial score (nSPS) is 15.6. The molecule has 1 aliphatic rings. The molecule has 8 heteroatoms. The maximum atomic E-state index is 13.5. The molecule has 1 aliphatic heterocycles. The fraction of sp³-hybridized carbons (Fsp3) is 0.304. The number of rotatable bonds is 6. The minimum Gasteiger partial charge on any atom is -0.330 e. The summed E-state index contributed by atoms with van der Waals surface area (Å²) >= 11 is 15.8. The van der Waals surface area contributed by atoms with Crippen LogP contribution in [0.5, 0.6) is 0 Å². The summed E-state index contributed by atoms with van der Waals surface area (Å²) < 4.78 is 0. The monoisotopic (exact) mass is 492 g/mol. The standard InChI is InChI=1S/C23H22Cl2N2O2S2/c1-2-9-26(23(29)20-4-3-11-30-20)14-21(28)27-10-7-19-17(8-12-31-19)22(27)16-6-5-15(24)13-18(16)25/h3-6,8,11-13,22H,2,7,9-10,14H2,1H3. The van der Waals surface area contributed by atoms with Crippen molar-refractivity contribution in [3.05, 3.63) is 78.1 Å². The van der Waals surface area contributed by atoms with Crippen molar-refractivity contribution in [3.8, 4) is 0 Å². The molecule has 1 aromatic carbocycles. The van der Waals surface area contributed by atoms with Gasteiger partial charge in [0.15, 0.2) is 0 Å². The smallest absolute Gasteiger partial charge is 0.264 e. The van der Waals surface area contributed by atoms with Crippen LogP contribution in [0.15, 0.2) is 47.2 Å². The third-order valence-electron chi connectivity index (χ3n) is 5.38. The lowest BCUT2D eigenvalue weighted by atomic mass is 9.93. The SMILES string of the molecule is CCCN(CC(=O)N1CCc2sccc2C1c1ccc(Cl)cc1Cl)C(=O)c1cccs1. The Hall–Kier alpha value is -1.86. The van der Waals surface area contributed by atoms with E-state index in [9.17, 15) is 9.59 Å². The van der Waals surface area contributed by atoms with Gasteiger partial charge in [0.2, 0.25) is 5.91 Å².